The highest BCUT2D eigenvalue weighted by Crippen LogP contribution is 2.42. The SMILES string of the molecule is Cc1cccc(C2(CN)CCCCC2)c1Br. The maximum absolute atomic E-state index is 6.07. The van der Waals surface area contributed by atoms with Gasteiger partial charge < -0.3 is 5.73 Å². The van der Waals surface area contributed by atoms with E-state index in [0.29, 0.717) is 0 Å². The van der Waals surface area contributed by atoms with Crippen molar-refractivity contribution in [2.75, 3.05) is 6.54 Å². The average molecular weight is 282 g/mol. The van der Waals surface area contributed by atoms with Gasteiger partial charge in [0.1, 0.15) is 0 Å². The summed E-state index contributed by atoms with van der Waals surface area (Å²) in [5, 5.41) is 0. The molecule has 2 heteroatoms. The molecule has 2 N–H and O–H groups in total. The molecule has 1 aromatic carbocycles. The van der Waals surface area contributed by atoms with Crippen LogP contribution >= 0.6 is 15.9 Å². The molecule has 0 aromatic heterocycles. The summed E-state index contributed by atoms with van der Waals surface area (Å²) in [6.07, 6.45) is 6.48. The van der Waals surface area contributed by atoms with E-state index >= 15 is 0 Å². The molecule has 1 aliphatic carbocycles. The Kier molecular flexibility index (Phi) is 3.70. The van der Waals surface area contributed by atoms with Gasteiger partial charge in [-0.2, -0.15) is 0 Å². The molecule has 0 atom stereocenters. The van der Waals surface area contributed by atoms with Crippen molar-refractivity contribution in [3.63, 3.8) is 0 Å². The number of hydrogen-bond acceptors (Lipinski definition) is 1. The maximum atomic E-state index is 6.07. The van der Waals surface area contributed by atoms with Gasteiger partial charge in [-0.1, -0.05) is 53.4 Å². The minimum absolute atomic E-state index is 0.225. The van der Waals surface area contributed by atoms with Crippen molar-refractivity contribution in [1.82, 2.24) is 0 Å². The fraction of sp³-hybridized carbons (Fsp3) is 0.571. The Morgan fingerprint density at radius 1 is 1.25 bits per heavy atom. The molecule has 0 saturated heterocycles. The van der Waals surface area contributed by atoms with Crippen molar-refractivity contribution in [2.24, 2.45) is 5.73 Å². The molecule has 1 aliphatic rings. The molecule has 16 heavy (non-hydrogen) atoms. The van der Waals surface area contributed by atoms with E-state index in [1.807, 2.05) is 0 Å². The summed E-state index contributed by atoms with van der Waals surface area (Å²) in [4.78, 5) is 0. The Morgan fingerprint density at radius 2 is 1.94 bits per heavy atom. The summed E-state index contributed by atoms with van der Waals surface area (Å²) < 4.78 is 1.27. The largest absolute Gasteiger partial charge is 0.330 e. The quantitative estimate of drug-likeness (QED) is 0.874. The molecule has 1 nitrogen and oxygen atoms in total. The highest BCUT2D eigenvalue weighted by atomic mass is 79.9. The lowest BCUT2D eigenvalue weighted by Gasteiger charge is -2.37. The molecule has 2 rings (SSSR count). The van der Waals surface area contributed by atoms with Crippen LogP contribution in [-0.4, -0.2) is 6.54 Å². The second-order valence-corrected chi connectivity index (χ2v) is 5.77. The van der Waals surface area contributed by atoms with Crippen LogP contribution < -0.4 is 5.73 Å². The van der Waals surface area contributed by atoms with Crippen LogP contribution in [0, 0.1) is 6.92 Å². The van der Waals surface area contributed by atoms with Crippen LogP contribution in [-0.2, 0) is 5.41 Å². The van der Waals surface area contributed by atoms with Gasteiger partial charge in [-0.05, 0) is 30.9 Å². The zero-order valence-corrected chi connectivity index (χ0v) is 11.5. The molecule has 0 spiro atoms. The predicted molar refractivity (Wildman–Crippen MR) is 72.7 cm³/mol. The van der Waals surface area contributed by atoms with Gasteiger partial charge in [-0.15, -0.1) is 0 Å². The fourth-order valence-corrected chi connectivity index (χ4v) is 3.55. The Balaban J connectivity index is 2.43. The van der Waals surface area contributed by atoms with Crippen molar-refractivity contribution in [3.8, 4) is 0 Å². The first-order chi connectivity index (χ1) is 7.69. The Morgan fingerprint density at radius 3 is 2.56 bits per heavy atom. The lowest BCUT2D eigenvalue weighted by atomic mass is 9.69. The van der Waals surface area contributed by atoms with Crippen molar-refractivity contribution in [3.05, 3.63) is 33.8 Å². The molecular weight excluding hydrogens is 262 g/mol. The number of rotatable bonds is 2. The third-order valence-electron chi connectivity index (χ3n) is 3.96. The normalized spacial score (nSPS) is 19.7. The first kappa shape index (κ1) is 12.1. The first-order valence-electron chi connectivity index (χ1n) is 6.15. The summed E-state index contributed by atoms with van der Waals surface area (Å²) in [5.41, 5.74) is 9.03. The molecular formula is C14H20BrN. The lowest BCUT2D eigenvalue weighted by molar-refractivity contribution is 0.299. The molecule has 0 bridgehead atoms. The van der Waals surface area contributed by atoms with E-state index in [-0.39, 0.29) is 5.41 Å². The standard InChI is InChI=1S/C14H20BrN/c1-11-6-5-7-12(13(11)15)14(10-16)8-3-2-4-9-14/h5-7H,2-4,8-10,16H2,1H3. The number of nitrogens with two attached hydrogens (primary N) is 1. The van der Waals surface area contributed by atoms with Gasteiger partial charge in [0.25, 0.3) is 0 Å². The minimum atomic E-state index is 0.225. The monoisotopic (exact) mass is 281 g/mol. The van der Waals surface area contributed by atoms with Gasteiger partial charge in [-0.25, -0.2) is 0 Å². The highest BCUT2D eigenvalue weighted by Gasteiger charge is 2.34. The van der Waals surface area contributed by atoms with E-state index in [0.717, 1.165) is 6.54 Å². The van der Waals surface area contributed by atoms with Crippen LogP contribution in [0.25, 0.3) is 0 Å². The van der Waals surface area contributed by atoms with Crippen LogP contribution in [0.5, 0.6) is 0 Å². The number of hydrogen-bond donors (Lipinski definition) is 1. The van der Waals surface area contributed by atoms with Crippen LogP contribution in [0.1, 0.15) is 43.2 Å². The lowest BCUT2D eigenvalue weighted by Crippen LogP contribution is -2.37. The maximum Gasteiger partial charge on any atom is 0.0242 e. The van der Waals surface area contributed by atoms with Crippen molar-refractivity contribution < 1.29 is 0 Å². The molecule has 0 unspecified atom stereocenters. The molecule has 1 aromatic rings. The van der Waals surface area contributed by atoms with Gasteiger partial charge >= 0.3 is 0 Å². The van der Waals surface area contributed by atoms with Crippen molar-refractivity contribution in [2.45, 2.75) is 44.4 Å². The average Bonchev–Trinajstić information content (AvgIpc) is 2.33. The fourth-order valence-electron chi connectivity index (χ4n) is 2.87. The summed E-state index contributed by atoms with van der Waals surface area (Å²) in [6.45, 7) is 2.93. The van der Waals surface area contributed by atoms with Gasteiger partial charge in [0.05, 0.1) is 0 Å². The van der Waals surface area contributed by atoms with Gasteiger partial charge in [-0.3, -0.25) is 0 Å². The predicted octanol–water partition coefficient (Wildman–Crippen LogP) is 3.92. The van der Waals surface area contributed by atoms with Crippen LogP contribution in [0.3, 0.4) is 0 Å². The minimum Gasteiger partial charge on any atom is -0.330 e. The Bertz CT molecular complexity index is 367. The summed E-state index contributed by atoms with van der Waals surface area (Å²) in [6, 6.07) is 6.55. The summed E-state index contributed by atoms with van der Waals surface area (Å²) >= 11 is 3.74. The number of halogens is 1. The molecule has 0 aliphatic heterocycles. The van der Waals surface area contributed by atoms with E-state index in [9.17, 15) is 0 Å². The highest BCUT2D eigenvalue weighted by molar-refractivity contribution is 9.10. The number of benzene rings is 1. The van der Waals surface area contributed by atoms with E-state index in [4.69, 9.17) is 5.73 Å². The topological polar surface area (TPSA) is 26.0 Å². The molecule has 1 saturated carbocycles. The molecule has 0 heterocycles. The smallest absolute Gasteiger partial charge is 0.0242 e. The van der Waals surface area contributed by atoms with Gasteiger partial charge in [0.15, 0.2) is 0 Å². The van der Waals surface area contributed by atoms with E-state index in [1.165, 1.54) is 47.7 Å². The molecule has 0 radical (unpaired) electrons. The van der Waals surface area contributed by atoms with E-state index in [1.54, 1.807) is 0 Å². The zero-order valence-electron chi connectivity index (χ0n) is 9.93. The van der Waals surface area contributed by atoms with Gasteiger partial charge in [0, 0.05) is 16.4 Å². The zero-order chi connectivity index (χ0) is 11.6. The van der Waals surface area contributed by atoms with Crippen LogP contribution in [0.4, 0.5) is 0 Å². The van der Waals surface area contributed by atoms with Crippen molar-refractivity contribution in [1.29, 1.82) is 0 Å². The van der Waals surface area contributed by atoms with Crippen LogP contribution in [0.2, 0.25) is 0 Å². The molecule has 88 valence electrons. The summed E-state index contributed by atoms with van der Waals surface area (Å²) in [5.74, 6) is 0. The van der Waals surface area contributed by atoms with E-state index in [2.05, 4.69) is 41.1 Å². The van der Waals surface area contributed by atoms with Gasteiger partial charge in [0.2, 0.25) is 0 Å². The Labute approximate surface area is 107 Å². The third-order valence-corrected chi connectivity index (χ3v) is 5.02. The molecule has 1 fully saturated rings. The first-order valence-corrected chi connectivity index (χ1v) is 6.94. The summed E-state index contributed by atoms with van der Waals surface area (Å²) in [7, 11) is 0. The van der Waals surface area contributed by atoms with E-state index < -0.39 is 0 Å². The number of aryl methyl sites for hydroxylation is 1. The van der Waals surface area contributed by atoms with Crippen LogP contribution in [0.15, 0.2) is 22.7 Å². The van der Waals surface area contributed by atoms with Crippen molar-refractivity contribution >= 4 is 15.9 Å². The second kappa shape index (κ2) is 4.89. The molecule has 0 amide bonds. The Hall–Kier alpha value is -0.340. The third kappa shape index (κ3) is 2.05. The second-order valence-electron chi connectivity index (χ2n) is 4.98.